The Bertz CT molecular complexity index is 182. The van der Waals surface area contributed by atoms with Crippen LogP contribution in [0.15, 0.2) is 0 Å². The lowest BCUT2D eigenvalue weighted by atomic mass is 10.1. The number of rotatable bonds is 7. The quantitative estimate of drug-likeness (QED) is 0.711. The fourth-order valence-electron chi connectivity index (χ4n) is 1.54. The summed E-state index contributed by atoms with van der Waals surface area (Å²) in [7, 11) is 0. The Balaban J connectivity index is 3.70. The molecule has 0 rings (SSSR count). The summed E-state index contributed by atoms with van der Waals surface area (Å²) in [5.74, 6) is 0.998. The molecular formula is C12H24BrNO. The monoisotopic (exact) mass is 277 g/mol. The number of carbonyl (C=O) groups excluding carboxylic acids is 1. The lowest BCUT2D eigenvalue weighted by Crippen LogP contribution is -2.34. The van der Waals surface area contributed by atoms with Crippen LogP contribution < -0.4 is 5.32 Å². The van der Waals surface area contributed by atoms with Crippen molar-refractivity contribution < 1.29 is 4.79 Å². The van der Waals surface area contributed by atoms with Crippen LogP contribution in [0.1, 0.15) is 47.0 Å². The number of hydrogen-bond donors (Lipinski definition) is 1. The third-order valence-corrected chi connectivity index (χ3v) is 3.09. The second-order valence-corrected chi connectivity index (χ2v) is 5.96. The molecule has 0 radical (unpaired) electrons. The van der Waals surface area contributed by atoms with Gasteiger partial charge in [-0.3, -0.25) is 4.79 Å². The van der Waals surface area contributed by atoms with Crippen LogP contribution in [0.2, 0.25) is 0 Å². The van der Waals surface area contributed by atoms with Crippen molar-refractivity contribution >= 4 is 21.8 Å². The molecule has 0 aliphatic heterocycles. The Morgan fingerprint density at radius 1 is 1.33 bits per heavy atom. The zero-order valence-corrected chi connectivity index (χ0v) is 11.9. The molecular weight excluding hydrogens is 254 g/mol. The highest BCUT2D eigenvalue weighted by Gasteiger charge is 2.13. The van der Waals surface area contributed by atoms with E-state index in [0.29, 0.717) is 10.7 Å². The Morgan fingerprint density at radius 2 is 1.93 bits per heavy atom. The Morgan fingerprint density at radius 3 is 2.40 bits per heavy atom. The molecule has 0 aromatic rings. The van der Waals surface area contributed by atoms with Crippen LogP contribution in [0, 0.1) is 11.8 Å². The molecule has 0 aliphatic rings. The molecule has 0 saturated heterocycles. The van der Waals surface area contributed by atoms with Gasteiger partial charge < -0.3 is 5.32 Å². The normalized spacial score (nSPS) is 15.1. The van der Waals surface area contributed by atoms with Gasteiger partial charge in [-0.25, -0.2) is 0 Å². The zero-order chi connectivity index (χ0) is 11.8. The number of alkyl halides is 1. The van der Waals surface area contributed by atoms with Gasteiger partial charge >= 0.3 is 0 Å². The molecule has 0 heterocycles. The minimum Gasteiger partial charge on any atom is -0.355 e. The Hall–Kier alpha value is -0.0500. The third kappa shape index (κ3) is 7.83. The SMILES string of the molecule is CCCC(C)C(=O)NCC(Br)CC(C)C. The summed E-state index contributed by atoms with van der Waals surface area (Å²) in [6.07, 6.45) is 3.14. The van der Waals surface area contributed by atoms with Gasteiger partial charge in [0.25, 0.3) is 0 Å². The van der Waals surface area contributed by atoms with Crippen molar-refractivity contribution in [2.45, 2.75) is 51.8 Å². The maximum atomic E-state index is 11.6. The maximum Gasteiger partial charge on any atom is 0.222 e. The summed E-state index contributed by atoms with van der Waals surface area (Å²) in [6.45, 7) is 9.22. The summed E-state index contributed by atoms with van der Waals surface area (Å²) in [4.78, 5) is 12.0. The first-order chi connectivity index (χ1) is 6.97. The number of nitrogens with one attached hydrogen (secondary N) is 1. The second-order valence-electron chi connectivity index (χ2n) is 4.66. The third-order valence-electron chi connectivity index (χ3n) is 2.39. The van der Waals surface area contributed by atoms with Crippen LogP contribution in [0.5, 0.6) is 0 Å². The molecule has 0 fully saturated rings. The Kier molecular flexibility index (Phi) is 8.12. The first-order valence-corrected chi connectivity index (χ1v) is 6.80. The molecule has 3 heteroatoms. The van der Waals surface area contributed by atoms with E-state index in [9.17, 15) is 4.79 Å². The molecule has 1 N–H and O–H groups in total. The van der Waals surface area contributed by atoms with Gasteiger partial charge in [0.1, 0.15) is 0 Å². The molecule has 0 spiro atoms. The van der Waals surface area contributed by atoms with Gasteiger partial charge in [0.15, 0.2) is 0 Å². The van der Waals surface area contributed by atoms with E-state index < -0.39 is 0 Å². The van der Waals surface area contributed by atoms with Gasteiger partial charge in [-0.2, -0.15) is 0 Å². The number of halogens is 1. The van der Waals surface area contributed by atoms with Gasteiger partial charge in [-0.15, -0.1) is 0 Å². The van der Waals surface area contributed by atoms with E-state index in [0.717, 1.165) is 25.8 Å². The average molecular weight is 278 g/mol. The van der Waals surface area contributed by atoms with E-state index in [-0.39, 0.29) is 11.8 Å². The maximum absolute atomic E-state index is 11.6. The van der Waals surface area contributed by atoms with Crippen LogP contribution in [0.4, 0.5) is 0 Å². The minimum absolute atomic E-state index is 0.147. The minimum atomic E-state index is 0.147. The molecule has 0 aromatic heterocycles. The number of carbonyl (C=O) groups is 1. The fraction of sp³-hybridized carbons (Fsp3) is 0.917. The lowest BCUT2D eigenvalue weighted by molar-refractivity contribution is -0.124. The summed E-state index contributed by atoms with van der Waals surface area (Å²) in [5, 5.41) is 2.99. The molecule has 2 nitrogen and oxygen atoms in total. The van der Waals surface area contributed by atoms with E-state index in [2.05, 4.69) is 42.0 Å². The van der Waals surface area contributed by atoms with Gasteiger partial charge in [-0.1, -0.05) is 50.0 Å². The fourth-order valence-corrected chi connectivity index (χ4v) is 2.45. The Labute approximate surface area is 102 Å². The van der Waals surface area contributed by atoms with Crippen LogP contribution in [-0.2, 0) is 4.79 Å². The van der Waals surface area contributed by atoms with Gasteiger partial charge in [0.2, 0.25) is 5.91 Å². The van der Waals surface area contributed by atoms with Crippen molar-refractivity contribution in [3.05, 3.63) is 0 Å². The van der Waals surface area contributed by atoms with E-state index in [1.165, 1.54) is 0 Å². The smallest absolute Gasteiger partial charge is 0.222 e. The van der Waals surface area contributed by atoms with Gasteiger partial charge in [0, 0.05) is 17.3 Å². The van der Waals surface area contributed by atoms with Gasteiger partial charge in [-0.05, 0) is 18.8 Å². The highest BCUT2D eigenvalue weighted by Crippen LogP contribution is 2.12. The van der Waals surface area contributed by atoms with Crippen LogP contribution in [0.25, 0.3) is 0 Å². The van der Waals surface area contributed by atoms with Crippen LogP contribution in [0.3, 0.4) is 0 Å². The lowest BCUT2D eigenvalue weighted by Gasteiger charge is -2.15. The molecule has 90 valence electrons. The highest BCUT2D eigenvalue weighted by atomic mass is 79.9. The average Bonchev–Trinajstić information content (AvgIpc) is 2.13. The molecule has 0 saturated carbocycles. The summed E-state index contributed by atoms with van der Waals surface area (Å²) in [6, 6.07) is 0. The number of amides is 1. The van der Waals surface area contributed by atoms with Gasteiger partial charge in [0.05, 0.1) is 0 Å². The summed E-state index contributed by atoms with van der Waals surface area (Å²) < 4.78 is 0. The van der Waals surface area contributed by atoms with Crippen LogP contribution >= 0.6 is 15.9 Å². The molecule has 0 bridgehead atoms. The standard InChI is InChI=1S/C12H24BrNO/c1-5-6-10(4)12(15)14-8-11(13)7-9(2)3/h9-11H,5-8H2,1-4H3,(H,14,15). The molecule has 15 heavy (non-hydrogen) atoms. The molecule has 2 atom stereocenters. The van der Waals surface area contributed by atoms with Crippen molar-refractivity contribution in [2.24, 2.45) is 11.8 Å². The van der Waals surface area contributed by atoms with E-state index in [1.54, 1.807) is 0 Å². The zero-order valence-electron chi connectivity index (χ0n) is 10.3. The van der Waals surface area contributed by atoms with Crippen LogP contribution in [-0.4, -0.2) is 17.3 Å². The summed E-state index contributed by atoms with van der Waals surface area (Å²) in [5.41, 5.74) is 0. The highest BCUT2D eigenvalue weighted by molar-refractivity contribution is 9.09. The summed E-state index contributed by atoms with van der Waals surface area (Å²) >= 11 is 3.58. The molecule has 1 amide bonds. The van der Waals surface area contributed by atoms with Crippen molar-refractivity contribution in [1.82, 2.24) is 5.32 Å². The first-order valence-electron chi connectivity index (χ1n) is 5.89. The van der Waals surface area contributed by atoms with Crippen molar-refractivity contribution in [1.29, 1.82) is 0 Å². The second kappa shape index (κ2) is 8.14. The van der Waals surface area contributed by atoms with Crippen molar-refractivity contribution in [2.75, 3.05) is 6.54 Å². The molecule has 0 aliphatic carbocycles. The van der Waals surface area contributed by atoms with Crippen molar-refractivity contribution in [3.8, 4) is 0 Å². The largest absolute Gasteiger partial charge is 0.355 e. The van der Waals surface area contributed by atoms with E-state index in [1.807, 2.05) is 6.92 Å². The predicted octanol–water partition coefficient (Wildman–Crippen LogP) is 3.35. The topological polar surface area (TPSA) is 29.1 Å². The molecule has 2 unspecified atom stereocenters. The molecule has 0 aromatic carbocycles. The van der Waals surface area contributed by atoms with E-state index >= 15 is 0 Å². The predicted molar refractivity (Wildman–Crippen MR) is 69.3 cm³/mol. The van der Waals surface area contributed by atoms with E-state index in [4.69, 9.17) is 0 Å². The first kappa shape index (κ1) is 14.9. The van der Waals surface area contributed by atoms with Crippen molar-refractivity contribution in [3.63, 3.8) is 0 Å². The number of hydrogen-bond acceptors (Lipinski definition) is 1.